The zero-order valence-electron chi connectivity index (χ0n) is 11.7. The van der Waals surface area contributed by atoms with Crippen molar-refractivity contribution in [1.29, 1.82) is 0 Å². The molecule has 0 spiro atoms. The van der Waals surface area contributed by atoms with E-state index in [1.54, 1.807) is 6.26 Å². The van der Waals surface area contributed by atoms with Gasteiger partial charge in [-0.25, -0.2) is 0 Å². The van der Waals surface area contributed by atoms with E-state index in [1.807, 2.05) is 12.1 Å². The maximum absolute atomic E-state index is 11.4. The number of carbonyl (C=O) groups is 1. The van der Waals surface area contributed by atoms with E-state index in [1.165, 1.54) is 7.11 Å². The molecule has 0 amide bonds. The molecule has 0 saturated carbocycles. The monoisotopic (exact) mass is 253 g/mol. The van der Waals surface area contributed by atoms with Crippen LogP contribution in [0.5, 0.6) is 0 Å². The molecule has 0 aliphatic heterocycles. The van der Waals surface area contributed by atoms with Crippen LogP contribution in [-0.4, -0.2) is 19.1 Å². The number of rotatable bonds is 6. The normalized spacial score (nSPS) is 13.3. The molecule has 1 rings (SSSR count). The van der Waals surface area contributed by atoms with Crippen molar-refractivity contribution in [2.24, 2.45) is 5.41 Å². The van der Waals surface area contributed by atoms with Gasteiger partial charge >= 0.3 is 5.97 Å². The maximum atomic E-state index is 11.4. The molecule has 0 saturated heterocycles. The minimum atomic E-state index is -0.184. The summed E-state index contributed by atoms with van der Waals surface area (Å²) in [5, 5.41) is 3.35. The van der Waals surface area contributed by atoms with E-state index >= 15 is 0 Å². The van der Waals surface area contributed by atoms with E-state index in [0.717, 1.165) is 12.2 Å². The molecule has 0 bridgehead atoms. The predicted octanol–water partition coefficient (Wildman–Crippen LogP) is 2.74. The molecular weight excluding hydrogens is 230 g/mol. The van der Waals surface area contributed by atoms with Crippen LogP contribution in [0.2, 0.25) is 0 Å². The first-order valence-corrected chi connectivity index (χ1v) is 6.23. The van der Waals surface area contributed by atoms with Gasteiger partial charge < -0.3 is 14.5 Å². The summed E-state index contributed by atoms with van der Waals surface area (Å²) >= 11 is 0. The molecule has 18 heavy (non-hydrogen) atoms. The first kappa shape index (κ1) is 14.8. The summed E-state index contributed by atoms with van der Waals surface area (Å²) < 4.78 is 10.00. The van der Waals surface area contributed by atoms with Gasteiger partial charge in [-0.15, -0.1) is 0 Å². The van der Waals surface area contributed by atoms with Gasteiger partial charge in [0.15, 0.2) is 0 Å². The summed E-state index contributed by atoms with van der Waals surface area (Å²) in [7, 11) is 1.42. The molecule has 1 aromatic heterocycles. The highest BCUT2D eigenvalue weighted by molar-refractivity contribution is 5.69. The second-order valence-corrected chi connectivity index (χ2v) is 5.70. The smallest absolute Gasteiger partial charge is 0.307 e. The highest BCUT2D eigenvalue weighted by Gasteiger charge is 2.21. The molecule has 1 unspecified atom stereocenters. The Labute approximate surface area is 109 Å². The van der Waals surface area contributed by atoms with Crippen LogP contribution in [-0.2, 0) is 16.1 Å². The van der Waals surface area contributed by atoms with Crippen molar-refractivity contribution in [3.63, 3.8) is 0 Å². The number of esters is 1. The Hall–Kier alpha value is -1.29. The number of carbonyl (C=O) groups excluding carboxylic acids is 1. The third kappa shape index (κ3) is 5.87. The van der Waals surface area contributed by atoms with Crippen LogP contribution in [0, 0.1) is 5.41 Å². The predicted molar refractivity (Wildman–Crippen MR) is 70.0 cm³/mol. The van der Waals surface area contributed by atoms with Crippen LogP contribution in [0.3, 0.4) is 0 Å². The molecule has 4 heteroatoms. The van der Waals surface area contributed by atoms with E-state index in [-0.39, 0.29) is 17.4 Å². The molecule has 0 aliphatic rings. The molecule has 1 heterocycles. The Balaban J connectivity index is 2.51. The van der Waals surface area contributed by atoms with Gasteiger partial charge in [0, 0.05) is 6.04 Å². The fourth-order valence-electron chi connectivity index (χ4n) is 1.90. The lowest BCUT2D eigenvalue weighted by atomic mass is 9.87. The van der Waals surface area contributed by atoms with Gasteiger partial charge in [0.2, 0.25) is 0 Å². The standard InChI is InChI=1S/C14H23NO3/c1-14(2,3)9-11(8-13(16)17-4)15-10-12-6-5-7-18-12/h5-7,11,15H,8-10H2,1-4H3. The van der Waals surface area contributed by atoms with Crippen LogP contribution in [0.4, 0.5) is 0 Å². The topological polar surface area (TPSA) is 51.5 Å². The first-order valence-electron chi connectivity index (χ1n) is 6.23. The number of nitrogens with one attached hydrogen (secondary N) is 1. The van der Waals surface area contributed by atoms with Crippen LogP contribution in [0.15, 0.2) is 22.8 Å². The highest BCUT2D eigenvalue weighted by atomic mass is 16.5. The molecule has 1 aromatic rings. The van der Waals surface area contributed by atoms with Gasteiger partial charge in [0.25, 0.3) is 0 Å². The second kappa shape index (κ2) is 6.59. The SMILES string of the molecule is COC(=O)CC(CC(C)(C)C)NCc1ccco1. The summed E-state index contributed by atoms with van der Waals surface area (Å²) in [6.07, 6.45) is 2.94. The fraction of sp³-hybridized carbons (Fsp3) is 0.643. The molecule has 0 radical (unpaired) electrons. The van der Waals surface area contributed by atoms with E-state index < -0.39 is 0 Å². The van der Waals surface area contributed by atoms with Crippen LogP contribution in [0.1, 0.15) is 39.4 Å². The average Bonchev–Trinajstić information content (AvgIpc) is 2.76. The Bertz CT molecular complexity index is 352. The Morgan fingerprint density at radius 1 is 1.50 bits per heavy atom. The largest absolute Gasteiger partial charge is 0.469 e. The molecule has 0 aromatic carbocycles. The minimum Gasteiger partial charge on any atom is -0.469 e. The van der Waals surface area contributed by atoms with Gasteiger partial charge in [0.05, 0.1) is 26.3 Å². The third-order valence-corrected chi connectivity index (χ3v) is 2.64. The van der Waals surface area contributed by atoms with Crippen molar-refractivity contribution in [2.75, 3.05) is 7.11 Å². The molecule has 4 nitrogen and oxygen atoms in total. The van der Waals surface area contributed by atoms with E-state index in [2.05, 4.69) is 26.1 Å². The third-order valence-electron chi connectivity index (χ3n) is 2.64. The van der Waals surface area contributed by atoms with Crippen LogP contribution in [0.25, 0.3) is 0 Å². The lowest BCUT2D eigenvalue weighted by molar-refractivity contribution is -0.141. The number of ether oxygens (including phenoxy) is 1. The number of hydrogen-bond donors (Lipinski definition) is 1. The van der Waals surface area contributed by atoms with Crippen molar-refractivity contribution in [1.82, 2.24) is 5.32 Å². The molecule has 1 N–H and O–H groups in total. The van der Waals surface area contributed by atoms with Gasteiger partial charge in [-0.3, -0.25) is 4.79 Å². The van der Waals surface area contributed by atoms with Crippen LogP contribution < -0.4 is 5.32 Å². The summed E-state index contributed by atoms with van der Waals surface area (Å²) in [5.41, 5.74) is 0.162. The van der Waals surface area contributed by atoms with E-state index in [4.69, 9.17) is 9.15 Å². The molecule has 102 valence electrons. The van der Waals surface area contributed by atoms with Gasteiger partial charge in [-0.1, -0.05) is 20.8 Å². The number of hydrogen-bond acceptors (Lipinski definition) is 4. The van der Waals surface area contributed by atoms with Crippen molar-refractivity contribution in [2.45, 2.75) is 46.2 Å². The number of methoxy groups -OCH3 is 1. The second-order valence-electron chi connectivity index (χ2n) is 5.70. The van der Waals surface area contributed by atoms with Gasteiger partial charge in [-0.2, -0.15) is 0 Å². The van der Waals surface area contributed by atoms with Crippen molar-refractivity contribution in [3.8, 4) is 0 Å². The van der Waals surface area contributed by atoms with Gasteiger partial charge in [-0.05, 0) is 24.0 Å². The maximum Gasteiger partial charge on any atom is 0.307 e. The zero-order chi connectivity index (χ0) is 13.6. The Kier molecular flexibility index (Phi) is 5.41. The molecule has 0 fully saturated rings. The van der Waals surface area contributed by atoms with E-state index in [9.17, 15) is 4.79 Å². The average molecular weight is 253 g/mol. The molecule has 0 aliphatic carbocycles. The summed E-state index contributed by atoms with van der Waals surface area (Å²) in [5.74, 6) is 0.690. The van der Waals surface area contributed by atoms with Crippen molar-refractivity contribution in [3.05, 3.63) is 24.2 Å². The lowest BCUT2D eigenvalue weighted by Crippen LogP contribution is -2.34. The summed E-state index contributed by atoms with van der Waals surface area (Å²) in [6.45, 7) is 7.11. The summed E-state index contributed by atoms with van der Waals surface area (Å²) in [6, 6.07) is 3.87. The quantitative estimate of drug-likeness (QED) is 0.792. The lowest BCUT2D eigenvalue weighted by Gasteiger charge is -2.26. The number of furan rings is 1. The fourth-order valence-corrected chi connectivity index (χ4v) is 1.90. The Morgan fingerprint density at radius 2 is 2.22 bits per heavy atom. The minimum absolute atomic E-state index is 0.0996. The van der Waals surface area contributed by atoms with Crippen molar-refractivity contribution >= 4 is 5.97 Å². The van der Waals surface area contributed by atoms with Crippen LogP contribution >= 0.6 is 0 Å². The zero-order valence-corrected chi connectivity index (χ0v) is 11.7. The van der Waals surface area contributed by atoms with Crippen molar-refractivity contribution < 1.29 is 13.9 Å². The molecule has 1 atom stereocenters. The first-order chi connectivity index (χ1) is 8.40. The Morgan fingerprint density at radius 3 is 2.72 bits per heavy atom. The molecular formula is C14H23NO3. The van der Waals surface area contributed by atoms with Gasteiger partial charge in [0.1, 0.15) is 5.76 Å². The highest BCUT2D eigenvalue weighted by Crippen LogP contribution is 2.22. The van der Waals surface area contributed by atoms with E-state index in [0.29, 0.717) is 13.0 Å². The summed E-state index contributed by atoms with van der Waals surface area (Å²) in [4.78, 5) is 11.4.